The number of hydrogen-bond donors (Lipinski definition) is 1. The van der Waals surface area contributed by atoms with Crippen molar-refractivity contribution in [2.24, 2.45) is 5.92 Å². The average molecular weight is 295 g/mol. The van der Waals surface area contributed by atoms with E-state index in [-0.39, 0.29) is 5.82 Å². The molecule has 0 radical (unpaired) electrons. The minimum absolute atomic E-state index is 0.223. The second-order valence-corrected chi connectivity index (χ2v) is 4.70. The van der Waals surface area contributed by atoms with Crippen LogP contribution in [0.2, 0.25) is 0 Å². The number of alkyl halides is 1. The van der Waals surface area contributed by atoms with Crippen molar-refractivity contribution in [3.05, 3.63) is 34.1 Å². The van der Waals surface area contributed by atoms with Crippen LogP contribution in [0.25, 0.3) is 0 Å². The van der Waals surface area contributed by atoms with Gasteiger partial charge in [-0.1, -0.05) is 19.1 Å². The van der Waals surface area contributed by atoms with Gasteiger partial charge >= 0.3 is 0 Å². The van der Waals surface area contributed by atoms with E-state index in [1.807, 2.05) is 6.07 Å². The van der Waals surface area contributed by atoms with Gasteiger partial charge in [0.25, 0.3) is 0 Å². The summed E-state index contributed by atoms with van der Waals surface area (Å²) < 4.78 is 13.7. The standard InChI is InChI=1S/C11H14BrClFN/c1-8(5-13)6-15-7-9-3-2-4-10(14)11(9)12/h2-4,8,15H,5-7H2,1H3. The van der Waals surface area contributed by atoms with Crippen molar-refractivity contribution in [3.8, 4) is 0 Å². The second-order valence-electron chi connectivity index (χ2n) is 3.60. The van der Waals surface area contributed by atoms with E-state index in [1.54, 1.807) is 6.07 Å². The Bertz CT molecular complexity index is 319. The molecule has 1 atom stereocenters. The van der Waals surface area contributed by atoms with Gasteiger partial charge < -0.3 is 5.32 Å². The van der Waals surface area contributed by atoms with Crippen LogP contribution in [0.15, 0.2) is 22.7 Å². The van der Waals surface area contributed by atoms with E-state index in [1.165, 1.54) is 6.07 Å². The Morgan fingerprint density at radius 3 is 2.93 bits per heavy atom. The molecule has 1 aromatic carbocycles. The van der Waals surface area contributed by atoms with Crippen LogP contribution in [0.1, 0.15) is 12.5 Å². The summed E-state index contributed by atoms with van der Waals surface area (Å²) in [6.45, 7) is 3.56. The number of rotatable bonds is 5. The molecule has 84 valence electrons. The molecule has 0 heterocycles. The van der Waals surface area contributed by atoms with E-state index in [0.29, 0.717) is 22.8 Å². The van der Waals surface area contributed by atoms with E-state index in [4.69, 9.17) is 11.6 Å². The molecule has 1 N–H and O–H groups in total. The molecule has 1 rings (SSSR count). The summed E-state index contributed by atoms with van der Waals surface area (Å²) in [4.78, 5) is 0. The number of halogens is 3. The fraction of sp³-hybridized carbons (Fsp3) is 0.455. The van der Waals surface area contributed by atoms with Gasteiger partial charge in [0.2, 0.25) is 0 Å². The summed E-state index contributed by atoms with van der Waals surface area (Å²) in [6, 6.07) is 5.04. The summed E-state index contributed by atoms with van der Waals surface area (Å²) in [6.07, 6.45) is 0. The van der Waals surface area contributed by atoms with Crippen LogP contribution in [0, 0.1) is 11.7 Å². The van der Waals surface area contributed by atoms with Gasteiger partial charge in [-0.05, 0) is 40.0 Å². The maximum absolute atomic E-state index is 13.1. The van der Waals surface area contributed by atoms with Crippen molar-refractivity contribution >= 4 is 27.5 Å². The molecule has 4 heteroatoms. The average Bonchev–Trinajstić information content (AvgIpc) is 2.24. The first-order valence-electron chi connectivity index (χ1n) is 4.84. The molecule has 0 aromatic heterocycles. The van der Waals surface area contributed by atoms with Gasteiger partial charge in [0.15, 0.2) is 0 Å². The molecular formula is C11H14BrClFN. The molecule has 1 unspecified atom stereocenters. The minimum Gasteiger partial charge on any atom is -0.312 e. The van der Waals surface area contributed by atoms with Crippen molar-refractivity contribution in [2.45, 2.75) is 13.5 Å². The van der Waals surface area contributed by atoms with Gasteiger partial charge in [0, 0.05) is 12.4 Å². The molecule has 0 bridgehead atoms. The molecule has 0 aliphatic heterocycles. The molecular weight excluding hydrogens is 280 g/mol. The predicted octanol–water partition coefficient (Wildman–Crippen LogP) is 3.55. The van der Waals surface area contributed by atoms with E-state index in [0.717, 1.165) is 12.1 Å². The highest BCUT2D eigenvalue weighted by Gasteiger charge is 2.05. The van der Waals surface area contributed by atoms with Gasteiger partial charge in [0.05, 0.1) is 4.47 Å². The first-order chi connectivity index (χ1) is 7.15. The third-order valence-electron chi connectivity index (χ3n) is 2.10. The van der Waals surface area contributed by atoms with Gasteiger partial charge in [-0.25, -0.2) is 4.39 Å². The number of benzene rings is 1. The summed E-state index contributed by atoms with van der Waals surface area (Å²) in [5.41, 5.74) is 0.928. The van der Waals surface area contributed by atoms with Crippen LogP contribution >= 0.6 is 27.5 Å². The van der Waals surface area contributed by atoms with Crippen LogP contribution in [0.3, 0.4) is 0 Å². The summed E-state index contributed by atoms with van der Waals surface area (Å²) >= 11 is 8.90. The zero-order valence-corrected chi connectivity index (χ0v) is 10.9. The lowest BCUT2D eigenvalue weighted by molar-refractivity contribution is 0.552. The first-order valence-corrected chi connectivity index (χ1v) is 6.17. The van der Waals surface area contributed by atoms with Crippen LogP contribution < -0.4 is 5.32 Å². The Labute approximate surface area is 103 Å². The third-order valence-corrected chi connectivity index (χ3v) is 3.52. The fourth-order valence-corrected chi connectivity index (χ4v) is 1.71. The molecule has 0 saturated heterocycles. The highest BCUT2D eigenvalue weighted by Crippen LogP contribution is 2.20. The summed E-state index contributed by atoms with van der Waals surface area (Å²) in [5.74, 6) is 0.843. The topological polar surface area (TPSA) is 12.0 Å². The van der Waals surface area contributed by atoms with Gasteiger partial charge in [0.1, 0.15) is 5.82 Å². The Morgan fingerprint density at radius 1 is 1.53 bits per heavy atom. The van der Waals surface area contributed by atoms with Gasteiger partial charge in [-0.15, -0.1) is 11.6 Å². The Hall–Kier alpha value is -0.120. The highest BCUT2D eigenvalue weighted by atomic mass is 79.9. The lowest BCUT2D eigenvalue weighted by atomic mass is 10.2. The number of nitrogens with one attached hydrogen (secondary N) is 1. The predicted molar refractivity (Wildman–Crippen MR) is 65.7 cm³/mol. The highest BCUT2D eigenvalue weighted by molar-refractivity contribution is 9.10. The minimum atomic E-state index is -0.223. The zero-order chi connectivity index (χ0) is 11.3. The maximum Gasteiger partial charge on any atom is 0.137 e. The van der Waals surface area contributed by atoms with Crippen LogP contribution in [-0.2, 0) is 6.54 Å². The lowest BCUT2D eigenvalue weighted by Gasteiger charge is -2.10. The van der Waals surface area contributed by atoms with E-state index in [9.17, 15) is 4.39 Å². The first kappa shape index (κ1) is 12.9. The van der Waals surface area contributed by atoms with Crippen LogP contribution in [0.5, 0.6) is 0 Å². The summed E-state index contributed by atoms with van der Waals surface area (Å²) in [5, 5.41) is 3.24. The molecule has 0 spiro atoms. The fourth-order valence-electron chi connectivity index (χ4n) is 1.19. The Balaban J connectivity index is 2.47. The van der Waals surface area contributed by atoms with E-state index < -0.39 is 0 Å². The molecule has 1 nitrogen and oxygen atoms in total. The lowest BCUT2D eigenvalue weighted by Crippen LogP contribution is -2.21. The maximum atomic E-state index is 13.1. The quantitative estimate of drug-likeness (QED) is 0.819. The van der Waals surface area contributed by atoms with Gasteiger partial charge in [-0.3, -0.25) is 0 Å². The SMILES string of the molecule is CC(CCl)CNCc1cccc(F)c1Br. The summed E-state index contributed by atoms with van der Waals surface area (Å²) in [7, 11) is 0. The Kier molecular flexibility index (Phi) is 5.58. The smallest absolute Gasteiger partial charge is 0.137 e. The van der Waals surface area contributed by atoms with Crippen molar-refractivity contribution < 1.29 is 4.39 Å². The normalized spacial score (nSPS) is 12.8. The molecule has 0 aliphatic rings. The molecule has 1 aromatic rings. The third kappa shape index (κ3) is 4.09. The zero-order valence-electron chi connectivity index (χ0n) is 8.56. The van der Waals surface area contributed by atoms with Crippen molar-refractivity contribution in [1.29, 1.82) is 0 Å². The Morgan fingerprint density at radius 2 is 2.27 bits per heavy atom. The van der Waals surface area contributed by atoms with E-state index >= 15 is 0 Å². The number of hydrogen-bond acceptors (Lipinski definition) is 1. The second kappa shape index (κ2) is 6.46. The monoisotopic (exact) mass is 293 g/mol. The molecule has 0 saturated carbocycles. The van der Waals surface area contributed by atoms with E-state index in [2.05, 4.69) is 28.2 Å². The largest absolute Gasteiger partial charge is 0.312 e. The molecule has 0 fully saturated rings. The van der Waals surface area contributed by atoms with Crippen LogP contribution in [-0.4, -0.2) is 12.4 Å². The van der Waals surface area contributed by atoms with Gasteiger partial charge in [-0.2, -0.15) is 0 Å². The molecule has 0 aliphatic carbocycles. The van der Waals surface area contributed by atoms with Crippen molar-refractivity contribution in [1.82, 2.24) is 5.32 Å². The molecule has 15 heavy (non-hydrogen) atoms. The molecule has 0 amide bonds. The van der Waals surface area contributed by atoms with Crippen molar-refractivity contribution in [3.63, 3.8) is 0 Å². The van der Waals surface area contributed by atoms with Crippen molar-refractivity contribution in [2.75, 3.05) is 12.4 Å². The van der Waals surface area contributed by atoms with Crippen LogP contribution in [0.4, 0.5) is 4.39 Å².